The van der Waals surface area contributed by atoms with Gasteiger partial charge in [0.15, 0.2) is 0 Å². The van der Waals surface area contributed by atoms with Gasteiger partial charge in [-0.1, -0.05) is 120 Å². The topological polar surface area (TPSA) is 45.0 Å². The fraction of sp³-hybridized carbons (Fsp3) is 0.429. The summed E-state index contributed by atoms with van der Waals surface area (Å²) in [6.07, 6.45) is 12.2. The molecule has 3 nitrogen and oxygen atoms in total. The van der Waals surface area contributed by atoms with Gasteiger partial charge in [0.2, 0.25) is 0 Å². The molecule has 45 heavy (non-hydrogen) atoms. The lowest BCUT2D eigenvalue weighted by molar-refractivity contribution is 0.148. The van der Waals surface area contributed by atoms with Crippen LogP contribution in [0.5, 0.6) is 5.75 Å². The molecule has 0 bridgehead atoms. The molecule has 0 saturated carbocycles. The molecule has 0 aromatic heterocycles. The second kappa shape index (κ2) is 12.6. The predicted octanol–water partition coefficient (Wildman–Crippen LogP) is 10.4. The molecule has 4 atom stereocenters. The molecule has 5 rings (SSSR count). The SMILES string of the molecule is CC1=CC(c2ccccc2)(C(CCc2cccc(CCC(C(C)(C)C)C3(c4ccccc4)C=C(C)C=N3)c2O)C(C)(C)C)N=C1. The van der Waals surface area contributed by atoms with Gasteiger partial charge in [-0.15, -0.1) is 0 Å². The van der Waals surface area contributed by atoms with Crippen molar-refractivity contribution in [3.05, 3.63) is 124 Å². The molecule has 1 N–H and O–H groups in total. The highest BCUT2D eigenvalue weighted by molar-refractivity contribution is 5.82. The third kappa shape index (κ3) is 6.64. The van der Waals surface area contributed by atoms with Gasteiger partial charge in [0, 0.05) is 12.4 Å². The van der Waals surface area contributed by atoms with E-state index in [2.05, 4.69) is 146 Å². The Morgan fingerprint density at radius 1 is 0.578 bits per heavy atom. The second-order valence-electron chi connectivity index (χ2n) is 15.5. The van der Waals surface area contributed by atoms with Crippen LogP contribution in [0.4, 0.5) is 0 Å². The Morgan fingerprint density at radius 2 is 0.956 bits per heavy atom. The highest BCUT2D eigenvalue weighted by atomic mass is 16.3. The maximum absolute atomic E-state index is 11.7. The van der Waals surface area contributed by atoms with Crippen molar-refractivity contribution in [2.75, 3.05) is 0 Å². The summed E-state index contributed by atoms with van der Waals surface area (Å²) in [5.41, 5.74) is 6.10. The Balaban J connectivity index is 1.41. The lowest BCUT2D eigenvalue weighted by Gasteiger charge is -2.43. The fourth-order valence-electron chi connectivity index (χ4n) is 8.04. The van der Waals surface area contributed by atoms with Crippen molar-refractivity contribution < 1.29 is 5.11 Å². The summed E-state index contributed by atoms with van der Waals surface area (Å²) in [7, 11) is 0. The van der Waals surface area contributed by atoms with Crippen LogP contribution >= 0.6 is 0 Å². The molecule has 2 heterocycles. The van der Waals surface area contributed by atoms with E-state index in [1.54, 1.807) is 0 Å². The molecule has 0 fully saturated rings. The third-order valence-electron chi connectivity index (χ3n) is 10.1. The van der Waals surface area contributed by atoms with Crippen molar-refractivity contribution in [3.8, 4) is 5.75 Å². The molecular weight excluding hydrogens is 548 g/mol. The van der Waals surface area contributed by atoms with Crippen molar-refractivity contribution in [3.63, 3.8) is 0 Å². The molecule has 3 heteroatoms. The van der Waals surface area contributed by atoms with Crippen LogP contribution in [-0.4, -0.2) is 17.5 Å². The summed E-state index contributed by atoms with van der Waals surface area (Å²) in [4.78, 5) is 10.4. The first-order valence-corrected chi connectivity index (χ1v) is 16.7. The number of allylic oxidation sites excluding steroid dienone is 2. The van der Waals surface area contributed by atoms with Crippen molar-refractivity contribution >= 4 is 12.4 Å². The smallest absolute Gasteiger partial charge is 0.121 e. The number of aryl methyl sites for hydroxylation is 2. The number of para-hydroxylation sites is 1. The fourth-order valence-corrected chi connectivity index (χ4v) is 8.04. The zero-order valence-corrected chi connectivity index (χ0v) is 28.6. The van der Waals surface area contributed by atoms with Crippen LogP contribution in [0.1, 0.15) is 90.5 Å². The number of phenols is 1. The standard InChI is InChI=1S/C42H52N2O/c1-30-26-41(43-28-30,34-18-11-9-12-19-34)36(39(3,4)5)24-22-32-16-15-17-33(38(32)45)23-25-37(40(6,7)8)42(27-31(2)29-44-42)35-20-13-10-14-21-35/h9-21,26-29,36-37,45H,22-25H2,1-8H3. The lowest BCUT2D eigenvalue weighted by atomic mass is 9.64. The van der Waals surface area contributed by atoms with E-state index in [4.69, 9.17) is 9.98 Å². The van der Waals surface area contributed by atoms with Crippen molar-refractivity contribution in [1.82, 2.24) is 0 Å². The molecule has 0 amide bonds. The second-order valence-corrected chi connectivity index (χ2v) is 15.5. The molecule has 0 aliphatic carbocycles. The van der Waals surface area contributed by atoms with Crippen molar-refractivity contribution in [2.24, 2.45) is 32.7 Å². The molecule has 0 saturated heterocycles. The normalized spacial score (nSPS) is 22.8. The summed E-state index contributed by atoms with van der Waals surface area (Å²) in [6, 6.07) is 27.8. The molecule has 236 valence electrons. The Bertz CT molecular complexity index is 1480. The van der Waals surface area contributed by atoms with Gasteiger partial charge >= 0.3 is 0 Å². The van der Waals surface area contributed by atoms with Gasteiger partial charge < -0.3 is 5.11 Å². The highest BCUT2D eigenvalue weighted by Gasteiger charge is 2.47. The summed E-state index contributed by atoms with van der Waals surface area (Å²) < 4.78 is 0. The van der Waals surface area contributed by atoms with Crippen LogP contribution in [-0.2, 0) is 23.9 Å². The number of benzene rings is 3. The Morgan fingerprint density at radius 3 is 1.27 bits per heavy atom. The quantitative estimate of drug-likeness (QED) is 0.247. The highest BCUT2D eigenvalue weighted by Crippen LogP contribution is 2.51. The van der Waals surface area contributed by atoms with Gasteiger partial charge in [-0.05, 0) is 108 Å². The van der Waals surface area contributed by atoms with Crippen molar-refractivity contribution in [2.45, 2.75) is 92.2 Å². The van der Waals surface area contributed by atoms with Crippen molar-refractivity contribution in [1.29, 1.82) is 0 Å². The maximum atomic E-state index is 11.7. The first-order chi connectivity index (χ1) is 21.3. The number of nitrogens with zero attached hydrogens (tertiary/aromatic N) is 2. The molecular formula is C42H52N2O. The zero-order chi connectivity index (χ0) is 32.5. The minimum atomic E-state index is -0.407. The average Bonchev–Trinajstić information content (AvgIpc) is 3.58. The number of hydrogen-bond donors (Lipinski definition) is 1. The zero-order valence-electron chi connectivity index (χ0n) is 28.6. The van der Waals surface area contributed by atoms with E-state index in [9.17, 15) is 5.11 Å². The van der Waals surface area contributed by atoms with E-state index < -0.39 is 11.1 Å². The summed E-state index contributed by atoms with van der Waals surface area (Å²) >= 11 is 0. The third-order valence-corrected chi connectivity index (χ3v) is 10.1. The van der Waals surface area contributed by atoms with Crippen LogP contribution in [0.2, 0.25) is 0 Å². The van der Waals surface area contributed by atoms with Gasteiger partial charge in [0.05, 0.1) is 0 Å². The predicted molar refractivity (Wildman–Crippen MR) is 191 cm³/mol. The molecule has 3 aromatic carbocycles. The van der Waals surface area contributed by atoms with Crippen LogP contribution in [0.15, 0.2) is 112 Å². The lowest BCUT2D eigenvalue weighted by Crippen LogP contribution is -2.39. The molecule has 0 radical (unpaired) electrons. The number of hydrogen-bond acceptors (Lipinski definition) is 3. The Labute approximate surface area is 271 Å². The van der Waals surface area contributed by atoms with E-state index in [1.807, 2.05) is 12.4 Å². The van der Waals surface area contributed by atoms with E-state index >= 15 is 0 Å². The van der Waals surface area contributed by atoms with Gasteiger partial charge in [0.1, 0.15) is 16.8 Å². The molecule has 0 spiro atoms. The summed E-state index contributed by atoms with van der Waals surface area (Å²) in [5.74, 6) is 0.939. The first kappa shape index (κ1) is 32.7. The van der Waals surface area contributed by atoms with Crippen LogP contribution in [0, 0.1) is 22.7 Å². The largest absolute Gasteiger partial charge is 0.507 e. The van der Waals surface area contributed by atoms with Gasteiger partial charge in [-0.3, -0.25) is 9.98 Å². The summed E-state index contributed by atoms with van der Waals surface area (Å²) in [6.45, 7) is 18.2. The van der Waals surface area contributed by atoms with Gasteiger partial charge in [0.25, 0.3) is 0 Å². The number of phenolic OH excluding ortho intramolecular Hbond substituents is 1. The molecule has 2 aliphatic rings. The Hall–Kier alpha value is -3.72. The maximum Gasteiger partial charge on any atom is 0.121 e. The minimum absolute atomic E-state index is 0.000661. The van der Waals surface area contributed by atoms with Gasteiger partial charge in [-0.2, -0.15) is 0 Å². The molecule has 2 aliphatic heterocycles. The first-order valence-electron chi connectivity index (χ1n) is 16.7. The minimum Gasteiger partial charge on any atom is -0.507 e. The molecule has 3 aromatic rings. The van der Waals surface area contributed by atoms with E-state index in [-0.39, 0.29) is 22.7 Å². The average molecular weight is 601 g/mol. The van der Waals surface area contributed by atoms with Crippen LogP contribution < -0.4 is 0 Å². The number of aromatic hydroxyl groups is 1. The van der Waals surface area contributed by atoms with Crippen LogP contribution in [0.3, 0.4) is 0 Å². The van der Waals surface area contributed by atoms with Crippen LogP contribution in [0.25, 0.3) is 0 Å². The van der Waals surface area contributed by atoms with Gasteiger partial charge in [-0.25, -0.2) is 0 Å². The Kier molecular flexibility index (Phi) is 9.13. The van der Waals surface area contributed by atoms with E-state index in [0.717, 1.165) is 36.8 Å². The van der Waals surface area contributed by atoms with E-state index in [0.29, 0.717) is 5.75 Å². The summed E-state index contributed by atoms with van der Waals surface area (Å²) in [5, 5.41) is 11.7. The van der Waals surface area contributed by atoms with E-state index in [1.165, 1.54) is 22.3 Å². The monoisotopic (exact) mass is 600 g/mol. The molecule has 4 unspecified atom stereocenters. The number of aliphatic imine (C=N–C) groups is 2. The number of rotatable bonds is 10.